The van der Waals surface area contributed by atoms with Crippen LogP contribution in [0.4, 0.5) is 14.5 Å². The maximum atomic E-state index is 13.9. The summed E-state index contributed by atoms with van der Waals surface area (Å²) in [5.74, 6) is -3.70. The fourth-order valence-electron chi connectivity index (χ4n) is 2.08. The first-order valence-electron chi connectivity index (χ1n) is 7.38. The highest BCUT2D eigenvalue weighted by Gasteiger charge is 2.18. The van der Waals surface area contributed by atoms with E-state index >= 15 is 0 Å². The highest BCUT2D eigenvalue weighted by Crippen LogP contribution is 2.25. The zero-order valence-electron chi connectivity index (χ0n) is 13.7. The molecule has 2 rings (SSSR count). The molecule has 0 saturated carbocycles. The minimum Gasteiger partial charge on any atom is -0.485 e. The van der Waals surface area contributed by atoms with E-state index in [9.17, 15) is 13.6 Å². The number of ether oxygens (including phenoxy) is 1. The molecule has 0 spiro atoms. The van der Waals surface area contributed by atoms with Crippen LogP contribution in [0.15, 0.2) is 42.1 Å². The van der Waals surface area contributed by atoms with E-state index in [0.29, 0.717) is 0 Å². The number of primary amides is 1. The molecule has 132 valence electrons. The van der Waals surface area contributed by atoms with Crippen molar-refractivity contribution in [2.75, 3.05) is 11.9 Å². The van der Waals surface area contributed by atoms with Gasteiger partial charge in [-0.2, -0.15) is 4.39 Å². The monoisotopic (exact) mass is 458 g/mol. The first kappa shape index (κ1) is 19.2. The molecule has 0 aromatic heterocycles. The summed E-state index contributed by atoms with van der Waals surface area (Å²) < 4.78 is 33.6. The fourth-order valence-corrected chi connectivity index (χ4v) is 2.73. The Labute approximate surface area is 158 Å². The summed E-state index contributed by atoms with van der Waals surface area (Å²) in [5, 5.41) is 3.13. The normalized spacial score (nSPS) is 11.3. The van der Waals surface area contributed by atoms with Crippen LogP contribution in [0.25, 0.3) is 0 Å². The molecule has 0 unspecified atom stereocenters. The molecular formula is C18H17F2IN2O2. The van der Waals surface area contributed by atoms with Crippen LogP contribution in [0, 0.1) is 22.1 Å². The van der Waals surface area contributed by atoms with Gasteiger partial charge in [-0.3, -0.25) is 4.79 Å². The number of carbonyl (C=O) groups excluding carboxylic acids is 1. The average molecular weight is 458 g/mol. The van der Waals surface area contributed by atoms with Crippen molar-refractivity contribution in [3.8, 4) is 5.75 Å². The van der Waals surface area contributed by atoms with Crippen molar-refractivity contribution in [1.29, 1.82) is 0 Å². The maximum absolute atomic E-state index is 13.9. The van der Waals surface area contributed by atoms with Crippen molar-refractivity contribution in [3.63, 3.8) is 0 Å². The maximum Gasteiger partial charge on any atom is 0.252 e. The number of amides is 1. The molecule has 0 saturated heterocycles. The summed E-state index contributed by atoms with van der Waals surface area (Å²) >= 11 is 2.23. The summed E-state index contributed by atoms with van der Waals surface area (Å²) in [5.41, 5.74) is 7.69. The minimum absolute atomic E-state index is 0.0307. The topological polar surface area (TPSA) is 64.3 Å². The Morgan fingerprint density at radius 2 is 2.04 bits per heavy atom. The van der Waals surface area contributed by atoms with Gasteiger partial charge in [0, 0.05) is 15.5 Å². The van der Waals surface area contributed by atoms with E-state index in [1.807, 2.05) is 25.1 Å². The van der Waals surface area contributed by atoms with E-state index in [1.165, 1.54) is 0 Å². The molecule has 2 aromatic carbocycles. The van der Waals surface area contributed by atoms with E-state index in [-0.39, 0.29) is 12.2 Å². The standard InChI is InChI=1S/C18H17F2IN2O2/c1-10(8-23-15-6-3-12(21)7-11(15)2)9-25-17-13(18(22)24)4-5-14(19)16(17)20/h3-8,23H,9H2,1-2H3,(H2,22,24). The van der Waals surface area contributed by atoms with Gasteiger partial charge in [0.15, 0.2) is 11.6 Å². The third-order valence-electron chi connectivity index (χ3n) is 3.42. The zero-order valence-corrected chi connectivity index (χ0v) is 15.9. The highest BCUT2D eigenvalue weighted by atomic mass is 127. The molecule has 0 aliphatic heterocycles. The van der Waals surface area contributed by atoms with Crippen molar-refractivity contribution in [2.45, 2.75) is 13.8 Å². The number of aryl methyl sites for hydroxylation is 1. The number of nitrogens with two attached hydrogens (primary N) is 1. The molecule has 4 nitrogen and oxygen atoms in total. The van der Waals surface area contributed by atoms with Crippen LogP contribution in [-0.2, 0) is 0 Å². The number of benzene rings is 2. The first-order valence-corrected chi connectivity index (χ1v) is 8.46. The molecule has 3 N–H and O–H groups in total. The number of hydrogen-bond donors (Lipinski definition) is 2. The second-order valence-electron chi connectivity index (χ2n) is 5.49. The van der Waals surface area contributed by atoms with Gasteiger partial charge in [0.2, 0.25) is 5.82 Å². The van der Waals surface area contributed by atoms with Gasteiger partial charge in [0.1, 0.15) is 6.61 Å². The Morgan fingerprint density at radius 1 is 1.32 bits per heavy atom. The van der Waals surface area contributed by atoms with E-state index in [2.05, 4.69) is 27.9 Å². The molecule has 25 heavy (non-hydrogen) atoms. The summed E-state index contributed by atoms with van der Waals surface area (Å²) in [6, 6.07) is 7.88. The molecule has 1 amide bonds. The lowest BCUT2D eigenvalue weighted by atomic mass is 10.1. The second-order valence-corrected chi connectivity index (χ2v) is 6.73. The van der Waals surface area contributed by atoms with Crippen molar-refractivity contribution in [3.05, 3.63) is 68.4 Å². The Balaban J connectivity index is 2.10. The number of anilines is 1. The van der Waals surface area contributed by atoms with Gasteiger partial charge in [0.05, 0.1) is 5.56 Å². The number of nitrogens with one attached hydrogen (secondary N) is 1. The van der Waals surface area contributed by atoms with Crippen molar-refractivity contribution < 1.29 is 18.3 Å². The molecule has 0 radical (unpaired) electrons. The fraction of sp³-hybridized carbons (Fsp3) is 0.167. The van der Waals surface area contributed by atoms with Gasteiger partial charge < -0.3 is 15.8 Å². The minimum atomic E-state index is -1.23. The Morgan fingerprint density at radius 3 is 2.68 bits per heavy atom. The van der Waals surface area contributed by atoms with Gasteiger partial charge >= 0.3 is 0 Å². The molecule has 0 fully saturated rings. The predicted octanol–water partition coefficient (Wildman–Crippen LogP) is 4.37. The van der Waals surface area contributed by atoms with Crippen LogP contribution >= 0.6 is 22.6 Å². The quantitative estimate of drug-likeness (QED) is 0.633. The lowest BCUT2D eigenvalue weighted by Crippen LogP contribution is -2.15. The first-order chi connectivity index (χ1) is 11.8. The molecule has 0 heterocycles. The number of rotatable bonds is 6. The largest absolute Gasteiger partial charge is 0.485 e. The highest BCUT2D eigenvalue weighted by molar-refractivity contribution is 14.1. The van der Waals surface area contributed by atoms with Gasteiger partial charge in [-0.15, -0.1) is 0 Å². The Bertz CT molecular complexity index is 838. The predicted molar refractivity (Wildman–Crippen MR) is 102 cm³/mol. The Kier molecular flexibility index (Phi) is 6.35. The van der Waals surface area contributed by atoms with Gasteiger partial charge in [-0.1, -0.05) is 0 Å². The summed E-state index contributed by atoms with van der Waals surface area (Å²) in [7, 11) is 0. The molecule has 0 aliphatic carbocycles. The lowest BCUT2D eigenvalue weighted by molar-refractivity contribution is 0.0995. The lowest BCUT2D eigenvalue weighted by Gasteiger charge is -2.12. The zero-order chi connectivity index (χ0) is 18.6. The van der Waals surface area contributed by atoms with Gasteiger partial charge in [-0.05, 0) is 77.9 Å². The van der Waals surface area contributed by atoms with E-state index in [0.717, 1.165) is 32.5 Å². The summed E-state index contributed by atoms with van der Waals surface area (Å²) in [6.45, 7) is 3.71. The van der Waals surface area contributed by atoms with Crippen molar-refractivity contribution in [2.24, 2.45) is 5.73 Å². The van der Waals surface area contributed by atoms with Crippen LogP contribution in [0.5, 0.6) is 5.75 Å². The SMILES string of the molecule is CC(=CNc1ccc(I)cc1C)COc1c(C(N)=O)ccc(F)c1F. The van der Waals surface area contributed by atoms with E-state index < -0.39 is 23.3 Å². The number of halogens is 3. The number of hydrogen-bond acceptors (Lipinski definition) is 3. The molecule has 2 aromatic rings. The van der Waals surface area contributed by atoms with E-state index in [1.54, 1.807) is 13.1 Å². The molecule has 0 atom stereocenters. The Hall–Kier alpha value is -2.16. The third-order valence-corrected chi connectivity index (χ3v) is 4.09. The van der Waals surface area contributed by atoms with Crippen LogP contribution in [-0.4, -0.2) is 12.5 Å². The van der Waals surface area contributed by atoms with Crippen LogP contribution in [0.1, 0.15) is 22.8 Å². The van der Waals surface area contributed by atoms with E-state index in [4.69, 9.17) is 10.5 Å². The average Bonchev–Trinajstić information content (AvgIpc) is 2.55. The molecule has 7 heteroatoms. The van der Waals surface area contributed by atoms with Crippen LogP contribution in [0.2, 0.25) is 0 Å². The summed E-state index contributed by atoms with van der Waals surface area (Å²) in [6.07, 6.45) is 1.70. The second kappa shape index (κ2) is 8.28. The van der Waals surface area contributed by atoms with Crippen molar-refractivity contribution >= 4 is 34.2 Å². The molecule has 0 bridgehead atoms. The van der Waals surface area contributed by atoms with Gasteiger partial charge in [0.25, 0.3) is 5.91 Å². The van der Waals surface area contributed by atoms with Crippen LogP contribution in [0.3, 0.4) is 0 Å². The van der Waals surface area contributed by atoms with Gasteiger partial charge in [-0.25, -0.2) is 4.39 Å². The number of carbonyl (C=O) groups is 1. The molecular weight excluding hydrogens is 441 g/mol. The third kappa shape index (κ3) is 4.91. The van der Waals surface area contributed by atoms with Crippen molar-refractivity contribution in [1.82, 2.24) is 0 Å². The smallest absolute Gasteiger partial charge is 0.252 e. The van der Waals surface area contributed by atoms with Crippen LogP contribution < -0.4 is 15.8 Å². The summed E-state index contributed by atoms with van der Waals surface area (Å²) in [4.78, 5) is 11.3. The molecule has 0 aliphatic rings.